The Hall–Kier alpha value is -0.590. The summed E-state index contributed by atoms with van der Waals surface area (Å²) in [5.41, 5.74) is 0. The van der Waals surface area contributed by atoms with E-state index in [1.165, 1.54) is 6.42 Å². The van der Waals surface area contributed by atoms with Crippen LogP contribution in [0.1, 0.15) is 20.3 Å². The van der Waals surface area contributed by atoms with Gasteiger partial charge in [0.15, 0.2) is 0 Å². The van der Waals surface area contributed by atoms with E-state index in [1.54, 1.807) is 6.21 Å². The molecule has 8 heavy (non-hydrogen) atoms. The molecular weight excluding hydrogens is 98.1 g/mol. The standard InChI is InChI=1S/C4H5N.C3H8/c1-2-4-5-3-1;1-3-2/h1-3H,4H2;3H2,1-2H3. The van der Waals surface area contributed by atoms with Gasteiger partial charge in [0.2, 0.25) is 0 Å². The van der Waals surface area contributed by atoms with Crippen LogP contribution in [0.3, 0.4) is 0 Å². The summed E-state index contributed by atoms with van der Waals surface area (Å²) in [7, 11) is 0. The highest BCUT2D eigenvalue weighted by Gasteiger charge is 1.72. The topological polar surface area (TPSA) is 12.4 Å². The SMILES string of the molecule is C1=CCN=C1.CCC. The van der Waals surface area contributed by atoms with E-state index < -0.39 is 0 Å². The molecule has 0 aromatic heterocycles. The third kappa shape index (κ3) is 5.41. The highest BCUT2D eigenvalue weighted by molar-refractivity contribution is 5.73. The van der Waals surface area contributed by atoms with Crippen LogP contribution in [0.15, 0.2) is 17.1 Å². The molecule has 1 heterocycles. The lowest BCUT2D eigenvalue weighted by Crippen LogP contribution is -1.54. The van der Waals surface area contributed by atoms with Gasteiger partial charge in [-0.15, -0.1) is 0 Å². The van der Waals surface area contributed by atoms with E-state index in [9.17, 15) is 0 Å². The van der Waals surface area contributed by atoms with Crippen LogP contribution in [0.5, 0.6) is 0 Å². The average molecular weight is 111 g/mol. The first-order chi connectivity index (χ1) is 3.91. The van der Waals surface area contributed by atoms with Gasteiger partial charge in [0, 0.05) is 6.21 Å². The second-order valence-corrected chi connectivity index (χ2v) is 1.65. The molecule has 1 nitrogen and oxygen atoms in total. The fraction of sp³-hybridized carbons (Fsp3) is 0.571. The van der Waals surface area contributed by atoms with Crippen molar-refractivity contribution in [1.82, 2.24) is 0 Å². The van der Waals surface area contributed by atoms with E-state index in [0.29, 0.717) is 0 Å². The number of aliphatic imine (C=N–C) groups is 1. The second kappa shape index (κ2) is 6.41. The molecule has 1 heteroatoms. The van der Waals surface area contributed by atoms with E-state index in [1.807, 2.05) is 12.2 Å². The molecule has 1 rings (SSSR count). The highest BCUT2D eigenvalue weighted by atomic mass is 14.7. The van der Waals surface area contributed by atoms with Gasteiger partial charge in [0.1, 0.15) is 0 Å². The summed E-state index contributed by atoms with van der Waals surface area (Å²) in [4.78, 5) is 3.85. The quantitative estimate of drug-likeness (QED) is 0.453. The number of hydrogen-bond acceptors (Lipinski definition) is 1. The summed E-state index contributed by atoms with van der Waals surface area (Å²) in [6.07, 6.45) is 7.01. The average Bonchev–Trinajstić information content (AvgIpc) is 2.17. The van der Waals surface area contributed by atoms with Crippen LogP contribution < -0.4 is 0 Å². The van der Waals surface area contributed by atoms with Gasteiger partial charge in [-0.3, -0.25) is 4.99 Å². The molecule has 0 radical (unpaired) electrons. The van der Waals surface area contributed by atoms with Crippen LogP contribution in [0.25, 0.3) is 0 Å². The van der Waals surface area contributed by atoms with Crippen LogP contribution in [-0.2, 0) is 0 Å². The van der Waals surface area contributed by atoms with Crippen molar-refractivity contribution in [2.45, 2.75) is 20.3 Å². The van der Waals surface area contributed by atoms with Crippen LogP contribution in [-0.4, -0.2) is 12.8 Å². The smallest absolute Gasteiger partial charge is 0.0573 e. The zero-order chi connectivity index (χ0) is 6.24. The molecule has 0 aromatic rings. The fourth-order valence-corrected chi connectivity index (χ4v) is 0.304. The fourth-order valence-electron chi connectivity index (χ4n) is 0.304. The predicted molar refractivity (Wildman–Crippen MR) is 38.5 cm³/mol. The van der Waals surface area contributed by atoms with E-state index in [2.05, 4.69) is 18.8 Å². The zero-order valence-electron chi connectivity index (χ0n) is 5.59. The van der Waals surface area contributed by atoms with Crippen LogP contribution in [0, 0.1) is 0 Å². The Morgan fingerprint density at radius 1 is 1.50 bits per heavy atom. The van der Waals surface area contributed by atoms with Gasteiger partial charge in [0.25, 0.3) is 0 Å². The molecule has 0 saturated carbocycles. The zero-order valence-corrected chi connectivity index (χ0v) is 5.59. The molecule has 0 N–H and O–H groups in total. The largest absolute Gasteiger partial charge is 0.289 e. The van der Waals surface area contributed by atoms with Crippen molar-refractivity contribution in [3.8, 4) is 0 Å². The van der Waals surface area contributed by atoms with Crippen molar-refractivity contribution in [2.75, 3.05) is 6.54 Å². The van der Waals surface area contributed by atoms with Crippen LogP contribution in [0.4, 0.5) is 0 Å². The number of hydrogen-bond donors (Lipinski definition) is 0. The van der Waals surface area contributed by atoms with Crippen molar-refractivity contribution in [1.29, 1.82) is 0 Å². The monoisotopic (exact) mass is 111 g/mol. The van der Waals surface area contributed by atoms with Gasteiger partial charge >= 0.3 is 0 Å². The maximum absolute atomic E-state index is 3.85. The van der Waals surface area contributed by atoms with Gasteiger partial charge in [-0.05, 0) is 6.08 Å². The first-order valence-corrected chi connectivity index (χ1v) is 3.06. The van der Waals surface area contributed by atoms with Crippen molar-refractivity contribution in [3.05, 3.63) is 12.2 Å². The Kier molecular flexibility index (Phi) is 5.94. The highest BCUT2D eigenvalue weighted by Crippen LogP contribution is 1.78. The first-order valence-electron chi connectivity index (χ1n) is 3.06. The minimum atomic E-state index is 0.889. The normalized spacial score (nSPS) is 13.2. The lowest BCUT2D eigenvalue weighted by molar-refractivity contribution is 1.09. The predicted octanol–water partition coefficient (Wildman–Crippen LogP) is 2.04. The molecule has 0 bridgehead atoms. The molecule has 1 aliphatic rings. The Balaban J connectivity index is 0.000000145. The third-order valence-corrected chi connectivity index (χ3v) is 0.538. The summed E-state index contributed by atoms with van der Waals surface area (Å²) < 4.78 is 0. The van der Waals surface area contributed by atoms with Crippen molar-refractivity contribution < 1.29 is 0 Å². The van der Waals surface area contributed by atoms with Gasteiger partial charge in [-0.1, -0.05) is 26.3 Å². The minimum Gasteiger partial charge on any atom is -0.289 e. The lowest BCUT2D eigenvalue weighted by atomic mass is 10.6. The van der Waals surface area contributed by atoms with Crippen LogP contribution >= 0.6 is 0 Å². The van der Waals surface area contributed by atoms with Crippen molar-refractivity contribution in [2.24, 2.45) is 4.99 Å². The third-order valence-electron chi connectivity index (χ3n) is 0.538. The van der Waals surface area contributed by atoms with E-state index in [0.717, 1.165) is 6.54 Å². The summed E-state index contributed by atoms with van der Waals surface area (Å²) >= 11 is 0. The Bertz CT molecular complexity index is 72.4. The van der Waals surface area contributed by atoms with Crippen molar-refractivity contribution in [3.63, 3.8) is 0 Å². The second-order valence-electron chi connectivity index (χ2n) is 1.65. The first kappa shape index (κ1) is 7.41. The van der Waals surface area contributed by atoms with E-state index in [-0.39, 0.29) is 0 Å². The minimum absolute atomic E-state index is 0.889. The molecule has 1 aliphatic heterocycles. The Labute approximate surface area is 51.1 Å². The van der Waals surface area contributed by atoms with Crippen LogP contribution in [0.2, 0.25) is 0 Å². The summed E-state index contributed by atoms with van der Waals surface area (Å²) in [5.74, 6) is 0. The molecule has 0 spiro atoms. The molecule has 0 saturated heterocycles. The summed E-state index contributed by atoms with van der Waals surface area (Å²) in [6, 6.07) is 0. The maximum Gasteiger partial charge on any atom is 0.0573 e. The van der Waals surface area contributed by atoms with Gasteiger partial charge < -0.3 is 0 Å². The number of nitrogens with zero attached hydrogens (tertiary/aromatic N) is 1. The molecule has 0 fully saturated rings. The molecule has 0 amide bonds. The molecule has 0 aliphatic carbocycles. The molecule has 0 unspecified atom stereocenters. The van der Waals surface area contributed by atoms with E-state index >= 15 is 0 Å². The molecular formula is C7H13N. The Morgan fingerprint density at radius 3 is 2.25 bits per heavy atom. The summed E-state index contributed by atoms with van der Waals surface area (Å²) in [5, 5.41) is 0. The molecule has 0 atom stereocenters. The van der Waals surface area contributed by atoms with Gasteiger partial charge in [-0.2, -0.15) is 0 Å². The Morgan fingerprint density at radius 2 is 2.12 bits per heavy atom. The summed E-state index contributed by atoms with van der Waals surface area (Å²) in [6.45, 7) is 5.14. The number of rotatable bonds is 0. The number of allylic oxidation sites excluding steroid dienone is 1. The van der Waals surface area contributed by atoms with Gasteiger partial charge in [0.05, 0.1) is 6.54 Å². The molecule has 0 aromatic carbocycles. The maximum atomic E-state index is 3.85. The van der Waals surface area contributed by atoms with Crippen molar-refractivity contribution >= 4 is 6.21 Å². The molecule has 46 valence electrons. The lowest BCUT2D eigenvalue weighted by Gasteiger charge is -1.60. The van der Waals surface area contributed by atoms with E-state index in [4.69, 9.17) is 0 Å². The van der Waals surface area contributed by atoms with Gasteiger partial charge in [-0.25, -0.2) is 0 Å².